The molecule has 0 saturated heterocycles. The van der Waals surface area contributed by atoms with Gasteiger partial charge < -0.3 is 15.2 Å². The number of ether oxygens (including phenoxy) is 1. The first-order chi connectivity index (χ1) is 11.4. The lowest BCUT2D eigenvalue weighted by molar-refractivity contribution is -0.136. The molecule has 0 amide bonds. The second-order valence-electron chi connectivity index (χ2n) is 5.49. The molecule has 0 aliphatic heterocycles. The number of anilines is 1. The van der Waals surface area contributed by atoms with Crippen molar-refractivity contribution in [3.8, 4) is 5.75 Å². The maximum atomic E-state index is 10.8. The summed E-state index contributed by atoms with van der Waals surface area (Å²) >= 11 is 6.91. The number of carboxylic acids is 1. The van der Waals surface area contributed by atoms with Crippen molar-refractivity contribution in [2.45, 2.75) is 26.9 Å². The first-order valence-corrected chi connectivity index (χ1v) is 9.14. The van der Waals surface area contributed by atoms with Crippen LogP contribution in [0.15, 0.2) is 39.3 Å². The number of carboxylic acid groups (broad SMARTS) is 1. The molecule has 2 aromatic rings. The first-order valence-electron chi connectivity index (χ1n) is 7.56. The smallest absolute Gasteiger partial charge is 0.307 e. The van der Waals surface area contributed by atoms with E-state index in [-0.39, 0.29) is 6.42 Å². The molecule has 6 heteroatoms. The summed E-state index contributed by atoms with van der Waals surface area (Å²) in [6.07, 6.45) is -0.0264. The second-order valence-corrected chi connectivity index (χ2v) is 7.19. The second kappa shape index (κ2) is 8.53. The summed E-state index contributed by atoms with van der Waals surface area (Å²) in [4.78, 5) is 10.8. The summed E-state index contributed by atoms with van der Waals surface area (Å²) in [6, 6.07) is 9.79. The SMILES string of the molecule is CCNc1cc(C)cc(COc2c(Br)cc(CC(=O)O)cc2Br)c1. The highest BCUT2D eigenvalue weighted by Crippen LogP contribution is 2.35. The first kappa shape index (κ1) is 18.8. The molecule has 0 radical (unpaired) electrons. The van der Waals surface area contributed by atoms with Crippen molar-refractivity contribution in [1.82, 2.24) is 0 Å². The molecule has 2 rings (SSSR count). The van der Waals surface area contributed by atoms with Gasteiger partial charge in [0.2, 0.25) is 0 Å². The van der Waals surface area contributed by atoms with Gasteiger partial charge >= 0.3 is 5.97 Å². The van der Waals surface area contributed by atoms with Gasteiger partial charge in [-0.1, -0.05) is 6.07 Å². The highest BCUT2D eigenvalue weighted by Gasteiger charge is 2.11. The Morgan fingerprint density at radius 2 is 1.79 bits per heavy atom. The molecular formula is C18H19Br2NO3. The van der Waals surface area contributed by atoms with Crippen LogP contribution in [0.2, 0.25) is 0 Å². The van der Waals surface area contributed by atoms with Gasteiger partial charge in [0.15, 0.2) is 0 Å². The van der Waals surface area contributed by atoms with Gasteiger partial charge in [0.05, 0.1) is 15.4 Å². The van der Waals surface area contributed by atoms with Crippen LogP contribution in [0.4, 0.5) is 5.69 Å². The fourth-order valence-corrected chi connectivity index (χ4v) is 3.94. The number of hydrogen-bond donors (Lipinski definition) is 2. The predicted octanol–water partition coefficient (Wildman–Crippen LogP) is 5.16. The topological polar surface area (TPSA) is 58.6 Å². The Hall–Kier alpha value is -1.53. The van der Waals surface area contributed by atoms with E-state index < -0.39 is 5.97 Å². The minimum atomic E-state index is -0.863. The van der Waals surface area contributed by atoms with Gasteiger partial charge in [0.1, 0.15) is 12.4 Å². The molecule has 0 atom stereocenters. The average Bonchev–Trinajstić information content (AvgIpc) is 2.45. The Morgan fingerprint density at radius 1 is 1.12 bits per heavy atom. The van der Waals surface area contributed by atoms with Gasteiger partial charge in [-0.15, -0.1) is 0 Å². The zero-order valence-electron chi connectivity index (χ0n) is 13.5. The third-order valence-electron chi connectivity index (χ3n) is 3.31. The molecule has 0 aliphatic rings. The van der Waals surface area contributed by atoms with Crippen LogP contribution in [0.1, 0.15) is 23.6 Å². The number of halogens is 2. The maximum Gasteiger partial charge on any atom is 0.307 e. The van der Waals surface area contributed by atoms with Gasteiger partial charge in [0, 0.05) is 12.2 Å². The Kier molecular flexibility index (Phi) is 6.69. The highest BCUT2D eigenvalue weighted by atomic mass is 79.9. The van der Waals surface area contributed by atoms with Crippen LogP contribution >= 0.6 is 31.9 Å². The van der Waals surface area contributed by atoms with Crippen LogP contribution in [0.5, 0.6) is 5.75 Å². The molecule has 0 aliphatic carbocycles. The van der Waals surface area contributed by atoms with Gasteiger partial charge in [-0.2, -0.15) is 0 Å². The van der Waals surface area contributed by atoms with Crippen LogP contribution in [-0.2, 0) is 17.8 Å². The Labute approximate surface area is 158 Å². The monoisotopic (exact) mass is 455 g/mol. The number of hydrogen-bond acceptors (Lipinski definition) is 3. The summed E-state index contributed by atoms with van der Waals surface area (Å²) in [5.41, 5.74) is 4.02. The number of carbonyl (C=O) groups is 1. The zero-order valence-corrected chi connectivity index (χ0v) is 16.7. The Morgan fingerprint density at radius 3 is 2.38 bits per heavy atom. The van der Waals surface area contributed by atoms with E-state index in [4.69, 9.17) is 9.84 Å². The summed E-state index contributed by atoms with van der Waals surface area (Å²) < 4.78 is 7.39. The van der Waals surface area contributed by atoms with Gasteiger partial charge in [0.25, 0.3) is 0 Å². The lowest BCUT2D eigenvalue weighted by Crippen LogP contribution is -2.03. The maximum absolute atomic E-state index is 10.8. The standard InChI is InChI=1S/C18H19Br2NO3/c1-3-21-14-5-11(2)4-13(6-14)10-24-18-15(19)7-12(8-16(18)20)9-17(22)23/h4-8,21H,3,9-10H2,1-2H3,(H,22,23). The van der Waals surface area contributed by atoms with Crippen molar-refractivity contribution in [2.24, 2.45) is 0 Å². The number of rotatable bonds is 7. The van der Waals surface area contributed by atoms with Crippen molar-refractivity contribution in [1.29, 1.82) is 0 Å². The largest absolute Gasteiger partial charge is 0.487 e. The van der Waals surface area contributed by atoms with Crippen LogP contribution in [0, 0.1) is 6.92 Å². The molecule has 0 saturated carbocycles. The molecule has 0 unspecified atom stereocenters. The van der Waals surface area contributed by atoms with Crippen molar-refractivity contribution in [3.63, 3.8) is 0 Å². The molecule has 0 spiro atoms. The molecule has 0 heterocycles. The quantitative estimate of drug-likeness (QED) is 0.604. The summed E-state index contributed by atoms with van der Waals surface area (Å²) in [5, 5.41) is 12.2. The molecule has 0 bridgehead atoms. The van der Waals surface area contributed by atoms with Gasteiger partial charge in [-0.25, -0.2) is 0 Å². The molecular weight excluding hydrogens is 438 g/mol. The molecule has 0 aromatic heterocycles. The Balaban J connectivity index is 2.16. The number of aryl methyl sites for hydroxylation is 1. The average molecular weight is 457 g/mol. The van der Waals surface area contributed by atoms with Gasteiger partial charge in [-0.05, 0) is 86.7 Å². The molecule has 0 fully saturated rings. The third-order valence-corrected chi connectivity index (χ3v) is 4.49. The fraction of sp³-hybridized carbons (Fsp3) is 0.278. The van der Waals surface area contributed by atoms with E-state index in [0.717, 1.165) is 26.7 Å². The van der Waals surface area contributed by atoms with Crippen LogP contribution in [-0.4, -0.2) is 17.6 Å². The van der Waals surface area contributed by atoms with E-state index in [1.54, 1.807) is 12.1 Å². The highest BCUT2D eigenvalue weighted by molar-refractivity contribution is 9.11. The predicted molar refractivity (Wildman–Crippen MR) is 103 cm³/mol. The van der Waals surface area contributed by atoms with E-state index in [9.17, 15) is 4.79 Å². The fourth-order valence-electron chi connectivity index (χ4n) is 2.43. The number of aliphatic carboxylic acids is 1. The normalized spacial score (nSPS) is 10.5. The van der Waals surface area contributed by atoms with Crippen molar-refractivity contribution in [3.05, 3.63) is 56.0 Å². The van der Waals surface area contributed by atoms with Crippen LogP contribution in [0.3, 0.4) is 0 Å². The zero-order chi connectivity index (χ0) is 17.7. The Bertz CT molecular complexity index is 724. The third kappa shape index (κ3) is 5.24. The van der Waals surface area contributed by atoms with E-state index in [0.29, 0.717) is 17.9 Å². The molecule has 128 valence electrons. The molecule has 24 heavy (non-hydrogen) atoms. The number of benzene rings is 2. The molecule has 4 nitrogen and oxygen atoms in total. The van der Waals surface area contributed by atoms with Crippen molar-refractivity contribution >= 4 is 43.5 Å². The number of nitrogens with one attached hydrogen (secondary N) is 1. The van der Waals surface area contributed by atoms with Crippen molar-refractivity contribution < 1.29 is 14.6 Å². The minimum absolute atomic E-state index is 0.0264. The summed E-state index contributed by atoms with van der Waals surface area (Å²) in [5.74, 6) is -0.200. The van der Waals surface area contributed by atoms with E-state index in [2.05, 4.69) is 69.2 Å². The van der Waals surface area contributed by atoms with Crippen molar-refractivity contribution in [2.75, 3.05) is 11.9 Å². The lowest BCUT2D eigenvalue weighted by atomic mass is 10.1. The van der Waals surface area contributed by atoms with E-state index >= 15 is 0 Å². The van der Waals surface area contributed by atoms with Gasteiger partial charge in [-0.3, -0.25) is 4.79 Å². The summed E-state index contributed by atoms with van der Waals surface area (Å²) in [7, 11) is 0. The molecule has 2 aromatic carbocycles. The van der Waals surface area contributed by atoms with Crippen LogP contribution < -0.4 is 10.1 Å². The minimum Gasteiger partial charge on any atom is -0.487 e. The summed E-state index contributed by atoms with van der Waals surface area (Å²) in [6.45, 7) is 5.41. The van der Waals surface area contributed by atoms with E-state index in [1.165, 1.54) is 5.56 Å². The van der Waals surface area contributed by atoms with Crippen LogP contribution in [0.25, 0.3) is 0 Å². The lowest BCUT2D eigenvalue weighted by Gasteiger charge is -2.13. The van der Waals surface area contributed by atoms with E-state index in [1.807, 2.05) is 0 Å². The molecule has 2 N–H and O–H groups in total.